The Morgan fingerprint density at radius 3 is 2.56 bits per heavy atom. The molecule has 1 heterocycles. The molecule has 0 atom stereocenters. The molecule has 1 aromatic heterocycles. The smallest absolute Gasteiger partial charge is 0.277 e. The molecule has 27 heavy (non-hydrogen) atoms. The molecule has 5 nitrogen and oxygen atoms in total. The van der Waals surface area contributed by atoms with E-state index in [0.29, 0.717) is 16.9 Å². The fourth-order valence-electron chi connectivity index (χ4n) is 2.90. The Bertz CT molecular complexity index is 995. The summed E-state index contributed by atoms with van der Waals surface area (Å²) in [6.07, 6.45) is 0. The van der Waals surface area contributed by atoms with Crippen molar-refractivity contribution in [2.24, 2.45) is 0 Å². The number of nitrogens with zero attached hydrogens (tertiary/aromatic N) is 2. The number of rotatable bonds is 6. The Morgan fingerprint density at radius 2 is 1.81 bits per heavy atom. The SMILES string of the molecule is COc1ccccc1-c1nnc(SCC(=O)c2cc(C)c(C)c(C)c2C)o1. The third-order valence-electron chi connectivity index (χ3n) is 4.85. The largest absolute Gasteiger partial charge is 0.496 e. The van der Waals surface area contributed by atoms with Gasteiger partial charge in [0.15, 0.2) is 5.78 Å². The average Bonchev–Trinajstić information content (AvgIpc) is 3.16. The molecule has 0 amide bonds. The highest BCUT2D eigenvalue weighted by Crippen LogP contribution is 2.31. The number of ketones is 1. The summed E-state index contributed by atoms with van der Waals surface area (Å²) < 4.78 is 11.0. The first-order valence-electron chi connectivity index (χ1n) is 8.62. The molecule has 3 aromatic rings. The second kappa shape index (κ2) is 7.96. The summed E-state index contributed by atoms with van der Waals surface area (Å²) in [7, 11) is 1.59. The number of para-hydroxylation sites is 1. The van der Waals surface area contributed by atoms with Crippen LogP contribution in [0.15, 0.2) is 40.0 Å². The molecule has 0 unspecified atom stereocenters. The Labute approximate surface area is 163 Å². The number of hydrogen-bond donors (Lipinski definition) is 0. The van der Waals surface area contributed by atoms with E-state index in [9.17, 15) is 4.79 Å². The van der Waals surface area contributed by atoms with Gasteiger partial charge in [-0.05, 0) is 68.1 Å². The average molecular weight is 382 g/mol. The number of Topliss-reactive ketones (excluding diaryl/α,β-unsaturated/α-hetero) is 1. The van der Waals surface area contributed by atoms with Crippen LogP contribution in [0, 0.1) is 27.7 Å². The number of carbonyl (C=O) groups is 1. The Balaban J connectivity index is 1.75. The summed E-state index contributed by atoms with van der Waals surface area (Å²) in [4.78, 5) is 12.7. The standard InChI is InChI=1S/C21H22N2O3S/c1-12-10-17(15(4)14(3)13(12)2)18(24)11-27-21-23-22-20(26-21)16-8-6-7-9-19(16)25-5/h6-10H,11H2,1-5H3. The van der Waals surface area contributed by atoms with Crippen LogP contribution in [-0.4, -0.2) is 28.8 Å². The number of thioether (sulfide) groups is 1. The van der Waals surface area contributed by atoms with E-state index >= 15 is 0 Å². The number of methoxy groups -OCH3 is 1. The lowest BCUT2D eigenvalue weighted by molar-refractivity contribution is 0.102. The molecule has 3 rings (SSSR count). The zero-order chi connectivity index (χ0) is 19.6. The van der Waals surface area contributed by atoms with Crippen molar-refractivity contribution in [2.75, 3.05) is 12.9 Å². The van der Waals surface area contributed by atoms with Crippen molar-refractivity contribution in [3.8, 4) is 17.2 Å². The molecule has 0 aliphatic carbocycles. The number of aryl methyl sites for hydroxylation is 1. The van der Waals surface area contributed by atoms with Crippen LogP contribution in [-0.2, 0) is 0 Å². The molecular formula is C21H22N2O3S. The molecule has 0 saturated carbocycles. The van der Waals surface area contributed by atoms with Gasteiger partial charge in [-0.1, -0.05) is 23.9 Å². The number of ether oxygens (including phenoxy) is 1. The molecular weight excluding hydrogens is 360 g/mol. The zero-order valence-electron chi connectivity index (χ0n) is 16.1. The quantitative estimate of drug-likeness (QED) is 0.444. The second-order valence-electron chi connectivity index (χ2n) is 6.40. The molecule has 0 fully saturated rings. The fourth-order valence-corrected chi connectivity index (χ4v) is 3.55. The van der Waals surface area contributed by atoms with Crippen LogP contribution < -0.4 is 4.74 Å². The third kappa shape index (κ3) is 3.90. The summed E-state index contributed by atoms with van der Waals surface area (Å²) >= 11 is 1.25. The molecule has 0 bridgehead atoms. The molecule has 140 valence electrons. The first kappa shape index (κ1) is 19.2. The molecule has 0 N–H and O–H groups in total. The van der Waals surface area contributed by atoms with Crippen molar-refractivity contribution in [2.45, 2.75) is 32.9 Å². The fraction of sp³-hybridized carbons (Fsp3) is 0.286. The minimum absolute atomic E-state index is 0.0562. The zero-order valence-corrected chi connectivity index (χ0v) is 16.9. The molecule has 0 radical (unpaired) electrons. The molecule has 6 heteroatoms. The van der Waals surface area contributed by atoms with E-state index in [0.717, 1.165) is 22.3 Å². The topological polar surface area (TPSA) is 65.2 Å². The molecule has 2 aromatic carbocycles. The van der Waals surface area contributed by atoms with Crippen LogP contribution in [0.25, 0.3) is 11.5 Å². The van der Waals surface area contributed by atoms with Crippen LogP contribution in [0.3, 0.4) is 0 Å². The van der Waals surface area contributed by atoms with Gasteiger partial charge in [0.05, 0.1) is 18.4 Å². The maximum Gasteiger partial charge on any atom is 0.277 e. The van der Waals surface area contributed by atoms with Crippen molar-refractivity contribution < 1.29 is 13.9 Å². The van der Waals surface area contributed by atoms with Crippen molar-refractivity contribution >= 4 is 17.5 Å². The molecule has 0 spiro atoms. The van der Waals surface area contributed by atoms with E-state index in [1.807, 2.05) is 44.2 Å². The van der Waals surface area contributed by atoms with Gasteiger partial charge in [0, 0.05) is 5.56 Å². The van der Waals surface area contributed by atoms with Crippen LogP contribution in [0.5, 0.6) is 5.75 Å². The lowest BCUT2D eigenvalue weighted by Gasteiger charge is -2.13. The highest BCUT2D eigenvalue weighted by molar-refractivity contribution is 7.99. The molecule has 0 aliphatic rings. The third-order valence-corrected chi connectivity index (χ3v) is 5.67. The van der Waals surface area contributed by atoms with Crippen LogP contribution in [0.4, 0.5) is 0 Å². The van der Waals surface area contributed by atoms with Gasteiger partial charge in [-0.3, -0.25) is 4.79 Å². The number of aromatic nitrogens is 2. The van der Waals surface area contributed by atoms with E-state index in [1.54, 1.807) is 7.11 Å². The predicted octanol–water partition coefficient (Wildman–Crippen LogP) is 4.95. The first-order chi connectivity index (χ1) is 12.9. The van der Waals surface area contributed by atoms with Crippen molar-refractivity contribution in [3.63, 3.8) is 0 Å². The predicted molar refractivity (Wildman–Crippen MR) is 107 cm³/mol. The Morgan fingerprint density at radius 1 is 1.07 bits per heavy atom. The summed E-state index contributed by atoms with van der Waals surface area (Å²) in [5.41, 5.74) is 6.04. The van der Waals surface area contributed by atoms with E-state index in [-0.39, 0.29) is 11.5 Å². The Hall–Kier alpha value is -2.60. The first-order valence-corrected chi connectivity index (χ1v) is 9.61. The van der Waals surface area contributed by atoms with Crippen molar-refractivity contribution in [3.05, 3.63) is 58.1 Å². The monoisotopic (exact) mass is 382 g/mol. The summed E-state index contributed by atoms with van der Waals surface area (Å²) in [5, 5.41) is 8.48. The lowest BCUT2D eigenvalue weighted by Crippen LogP contribution is -2.08. The summed E-state index contributed by atoms with van der Waals surface area (Å²) in [5.74, 6) is 1.34. The number of carbonyl (C=O) groups excluding carboxylic acids is 1. The lowest BCUT2D eigenvalue weighted by atomic mass is 9.93. The highest BCUT2D eigenvalue weighted by atomic mass is 32.2. The van der Waals surface area contributed by atoms with E-state index in [4.69, 9.17) is 9.15 Å². The normalized spacial score (nSPS) is 10.9. The van der Waals surface area contributed by atoms with E-state index in [2.05, 4.69) is 24.0 Å². The Kier molecular flexibility index (Phi) is 5.65. The minimum Gasteiger partial charge on any atom is -0.496 e. The minimum atomic E-state index is 0.0562. The second-order valence-corrected chi connectivity index (χ2v) is 7.33. The number of benzene rings is 2. The van der Waals surface area contributed by atoms with E-state index < -0.39 is 0 Å². The molecule has 0 aliphatic heterocycles. The van der Waals surface area contributed by atoms with Crippen LogP contribution in [0.1, 0.15) is 32.6 Å². The van der Waals surface area contributed by atoms with Gasteiger partial charge in [0.2, 0.25) is 0 Å². The van der Waals surface area contributed by atoms with Crippen molar-refractivity contribution in [1.29, 1.82) is 0 Å². The van der Waals surface area contributed by atoms with Crippen LogP contribution in [0.2, 0.25) is 0 Å². The van der Waals surface area contributed by atoms with Crippen LogP contribution >= 0.6 is 11.8 Å². The van der Waals surface area contributed by atoms with Gasteiger partial charge in [0.1, 0.15) is 5.75 Å². The summed E-state index contributed by atoms with van der Waals surface area (Å²) in [6.45, 7) is 8.16. The number of hydrogen-bond acceptors (Lipinski definition) is 6. The van der Waals surface area contributed by atoms with Gasteiger partial charge in [-0.2, -0.15) is 0 Å². The van der Waals surface area contributed by atoms with Crippen molar-refractivity contribution in [1.82, 2.24) is 10.2 Å². The maximum absolute atomic E-state index is 12.7. The van der Waals surface area contributed by atoms with Gasteiger partial charge in [-0.15, -0.1) is 10.2 Å². The van der Waals surface area contributed by atoms with Gasteiger partial charge in [-0.25, -0.2) is 0 Å². The van der Waals surface area contributed by atoms with E-state index in [1.165, 1.54) is 22.9 Å². The molecule has 0 saturated heterocycles. The van der Waals surface area contributed by atoms with Gasteiger partial charge in [0.25, 0.3) is 11.1 Å². The maximum atomic E-state index is 12.7. The van der Waals surface area contributed by atoms with Gasteiger partial charge < -0.3 is 9.15 Å². The van der Waals surface area contributed by atoms with Gasteiger partial charge >= 0.3 is 0 Å². The summed E-state index contributed by atoms with van der Waals surface area (Å²) in [6, 6.07) is 9.41. The highest BCUT2D eigenvalue weighted by Gasteiger charge is 2.17.